The summed E-state index contributed by atoms with van der Waals surface area (Å²) in [5, 5.41) is 9.44. The number of amides is 1. The average Bonchev–Trinajstić information content (AvgIpc) is 2.53. The van der Waals surface area contributed by atoms with E-state index in [-0.39, 0.29) is 12.0 Å². The molecule has 0 spiro atoms. The molecule has 0 bridgehead atoms. The van der Waals surface area contributed by atoms with Gasteiger partial charge in [-0.3, -0.25) is 4.21 Å². The second-order valence-electron chi connectivity index (χ2n) is 6.89. The Labute approximate surface area is 145 Å². The molecule has 2 rings (SSSR count). The molecule has 1 aromatic rings. The van der Waals surface area contributed by atoms with E-state index in [4.69, 9.17) is 10.00 Å². The largest absolute Gasteiger partial charge is 0.444 e. The molecule has 1 fully saturated rings. The highest BCUT2D eigenvalue weighted by molar-refractivity contribution is 7.85. The number of rotatable bonds is 3. The predicted molar refractivity (Wildman–Crippen MR) is 90.8 cm³/mol. The molecule has 1 aliphatic heterocycles. The van der Waals surface area contributed by atoms with Crippen molar-refractivity contribution >= 4 is 16.9 Å². The first-order valence-corrected chi connectivity index (χ1v) is 9.33. The van der Waals surface area contributed by atoms with E-state index in [0.717, 1.165) is 12.8 Å². The number of carbonyl (C=O) groups excluding carboxylic acids is 1. The molecule has 0 aliphatic carbocycles. The summed E-state index contributed by atoms with van der Waals surface area (Å²) in [4.78, 5) is 17.8. The quantitative estimate of drug-likeness (QED) is 0.838. The van der Waals surface area contributed by atoms with Crippen LogP contribution in [-0.4, -0.2) is 44.6 Å². The monoisotopic (exact) mass is 349 g/mol. The third-order valence-corrected chi connectivity index (χ3v) is 5.29. The minimum Gasteiger partial charge on any atom is -0.444 e. The minimum absolute atomic E-state index is 0.248. The van der Waals surface area contributed by atoms with E-state index in [9.17, 15) is 9.00 Å². The van der Waals surface area contributed by atoms with Crippen LogP contribution in [0.15, 0.2) is 23.4 Å². The van der Waals surface area contributed by atoms with Crippen molar-refractivity contribution in [1.82, 2.24) is 9.88 Å². The normalized spacial score (nSPS) is 17.2. The molecule has 2 heterocycles. The predicted octanol–water partition coefficient (Wildman–Crippen LogP) is 2.71. The summed E-state index contributed by atoms with van der Waals surface area (Å²) in [7, 11) is -1.30. The van der Waals surface area contributed by atoms with Crippen LogP contribution in [0.4, 0.5) is 4.79 Å². The van der Waals surface area contributed by atoms with Gasteiger partial charge in [0.1, 0.15) is 16.7 Å². The van der Waals surface area contributed by atoms with Gasteiger partial charge in [-0.1, -0.05) is 0 Å². The molecule has 1 aliphatic rings. The van der Waals surface area contributed by atoms with Gasteiger partial charge in [0.25, 0.3) is 0 Å². The van der Waals surface area contributed by atoms with Crippen LogP contribution >= 0.6 is 0 Å². The van der Waals surface area contributed by atoms with E-state index in [1.54, 1.807) is 23.2 Å². The molecular formula is C17H23N3O3S. The molecule has 0 unspecified atom stereocenters. The number of nitrogens with zero attached hydrogens (tertiary/aromatic N) is 3. The number of likely N-dealkylation sites (tertiary alicyclic amines) is 1. The third kappa shape index (κ3) is 5.03. The second kappa shape index (κ2) is 7.75. The number of nitriles is 1. The molecule has 0 N–H and O–H groups in total. The van der Waals surface area contributed by atoms with Gasteiger partial charge in [-0.05, 0) is 51.7 Å². The molecule has 0 aromatic carbocycles. The number of hydrogen-bond acceptors (Lipinski definition) is 5. The van der Waals surface area contributed by atoms with Crippen molar-refractivity contribution < 1.29 is 13.7 Å². The van der Waals surface area contributed by atoms with E-state index in [2.05, 4.69) is 4.98 Å². The molecule has 1 atom stereocenters. The highest BCUT2D eigenvalue weighted by atomic mass is 32.2. The van der Waals surface area contributed by atoms with Gasteiger partial charge in [-0.2, -0.15) is 5.26 Å². The summed E-state index contributed by atoms with van der Waals surface area (Å²) in [6.45, 7) is 6.75. The summed E-state index contributed by atoms with van der Waals surface area (Å²) in [6, 6.07) is 5.33. The molecule has 6 nitrogen and oxygen atoms in total. The van der Waals surface area contributed by atoms with Gasteiger partial charge in [0.15, 0.2) is 0 Å². The van der Waals surface area contributed by atoms with Crippen LogP contribution in [0.25, 0.3) is 0 Å². The summed E-state index contributed by atoms with van der Waals surface area (Å²) in [5.41, 5.74) is -0.135. The first-order chi connectivity index (χ1) is 11.3. The van der Waals surface area contributed by atoms with Crippen molar-refractivity contribution in [2.75, 3.05) is 18.8 Å². The average molecular weight is 349 g/mol. The number of hydrogen-bond donors (Lipinski definition) is 0. The van der Waals surface area contributed by atoms with Gasteiger partial charge in [-0.15, -0.1) is 0 Å². The van der Waals surface area contributed by atoms with E-state index < -0.39 is 16.4 Å². The fourth-order valence-electron chi connectivity index (χ4n) is 2.56. The lowest BCUT2D eigenvalue weighted by Crippen LogP contribution is -2.42. The smallest absolute Gasteiger partial charge is 0.410 e. The van der Waals surface area contributed by atoms with E-state index in [1.165, 1.54) is 0 Å². The van der Waals surface area contributed by atoms with Crippen molar-refractivity contribution in [1.29, 1.82) is 5.26 Å². The highest BCUT2D eigenvalue weighted by Gasteiger charge is 2.28. The zero-order valence-electron chi connectivity index (χ0n) is 14.3. The van der Waals surface area contributed by atoms with Crippen LogP contribution < -0.4 is 0 Å². The van der Waals surface area contributed by atoms with Crippen molar-refractivity contribution in [3.8, 4) is 6.07 Å². The number of piperidine rings is 1. The standard InChI is InChI=1S/C17H23N3O3S/c1-17(2,3)23-16(21)20-9-6-13(7-10-20)12-24(22)15-14(11-18)5-4-8-19-15/h4-5,8,13H,6-7,9-10,12H2,1-3H3/t24-/m0/s1. The van der Waals surface area contributed by atoms with Gasteiger partial charge in [-0.25, -0.2) is 9.78 Å². The SMILES string of the molecule is CC(C)(C)OC(=O)N1CCC(C[S@](=O)c2ncccc2C#N)CC1. The highest BCUT2D eigenvalue weighted by Crippen LogP contribution is 2.22. The Hall–Kier alpha value is -1.94. The number of carbonyl (C=O) groups is 1. The lowest BCUT2D eigenvalue weighted by Gasteiger charge is -2.33. The molecule has 24 heavy (non-hydrogen) atoms. The van der Waals surface area contributed by atoms with Crippen LogP contribution in [0.3, 0.4) is 0 Å². The van der Waals surface area contributed by atoms with E-state index in [0.29, 0.717) is 29.4 Å². The van der Waals surface area contributed by atoms with E-state index >= 15 is 0 Å². The number of ether oxygens (including phenoxy) is 1. The molecule has 1 amide bonds. The molecule has 130 valence electrons. The molecule has 0 saturated carbocycles. The third-order valence-electron chi connectivity index (χ3n) is 3.76. The van der Waals surface area contributed by atoms with Crippen LogP contribution in [0.1, 0.15) is 39.2 Å². The van der Waals surface area contributed by atoms with Crippen molar-refractivity contribution in [2.24, 2.45) is 5.92 Å². The van der Waals surface area contributed by atoms with Gasteiger partial charge < -0.3 is 9.64 Å². The number of pyridine rings is 1. The van der Waals surface area contributed by atoms with E-state index in [1.807, 2.05) is 26.8 Å². The Balaban J connectivity index is 1.88. The maximum Gasteiger partial charge on any atom is 0.410 e. The summed E-state index contributed by atoms with van der Waals surface area (Å²) < 4.78 is 17.9. The zero-order chi connectivity index (χ0) is 17.7. The molecule has 1 saturated heterocycles. The lowest BCUT2D eigenvalue weighted by molar-refractivity contribution is 0.0191. The van der Waals surface area contributed by atoms with Crippen molar-refractivity contribution in [3.63, 3.8) is 0 Å². The zero-order valence-corrected chi connectivity index (χ0v) is 15.1. The van der Waals surface area contributed by atoms with Crippen molar-refractivity contribution in [3.05, 3.63) is 23.9 Å². The maximum atomic E-state index is 12.5. The van der Waals surface area contributed by atoms with Gasteiger partial charge in [0.05, 0.1) is 16.4 Å². The molecule has 1 aromatic heterocycles. The molecule has 7 heteroatoms. The Kier molecular flexibility index (Phi) is 5.94. The summed E-state index contributed by atoms with van der Waals surface area (Å²) in [6.07, 6.45) is 2.82. The van der Waals surface area contributed by atoms with Gasteiger partial charge >= 0.3 is 6.09 Å². The topological polar surface area (TPSA) is 83.3 Å². The first-order valence-electron chi connectivity index (χ1n) is 8.01. The van der Waals surface area contributed by atoms with Crippen molar-refractivity contribution in [2.45, 2.75) is 44.2 Å². The second-order valence-corrected chi connectivity index (χ2v) is 8.30. The maximum absolute atomic E-state index is 12.5. The number of aromatic nitrogens is 1. The summed E-state index contributed by atoms with van der Waals surface area (Å²) in [5.74, 6) is 0.714. The lowest BCUT2D eigenvalue weighted by atomic mass is 9.99. The van der Waals surface area contributed by atoms with Crippen LogP contribution in [0, 0.1) is 17.2 Å². The molecular weight excluding hydrogens is 326 g/mol. The Morgan fingerprint density at radius 3 is 2.71 bits per heavy atom. The Morgan fingerprint density at radius 2 is 2.12 bits per heavy atom. The first kappa shape index (κ1) is 18.4. The van der Waals surface area contributed by atoms with Crippen LogP contribution in [-0.2, 0) is 15.5 Å². The van der Waals surface area contributed by atoms with Gasteiger partial charge in [0, 0.05) is 25.0 Å². The Bertz CT molecular complexity index is 656. The van der Waals surface area contributed by atoms with Crippen LogP contribution in [0.2, 0.25) is 0 Å². The summed E-state index contributed by atoms with van der Waals surface area (Å²) >= 11 is 0. The van der Waals surface area contributed by atoms with Gasteiger partial charge in [0.2, 0.25) is 0 Å². The molecule has 0 radical (unpaired) electrons. The van der Waals surface area contributed by atoms with Crippen LogP contribution in [0.5, 0.6) is 0 Å². The minimum atomic E-state index is -1.30. The fourth-order valence-corrected chi connectivity index (χ4v) is 4.02. The fraction of sp³-hybridized carbons (Fsp3) is 0.588. The Morgan fingerprint density at radius 1 is 1.46 bits per heavy atom.